The molecular weight excluding hydrogens is 291 g/mol. The van der Waals surface area contributed by atoms with Crippen LogP contribution in [0.5, 0.6) is 0 Å². The number of rotatable bonds is 1. The summed E-state index contributed by atoms with van der Waals surface area (Å²) in [5, 5.41) is 0. The average molecular weight is 299 g/mol. The Morgan fingerprint density at radius 3 is 2.21 bits per heavy atom. The Bertz CT molecular complexity index is 313. The first kappa shape index (κ1) is 13.5. The molecule has 2 aromatic rings. The van der Waals surface area contributed by atoms with Gasteiger partial charge in [0, 0.05) is 0 Å². The van der Waals surface area contributed by atoms with Crippen molar-refractivity contribution in [1.82, 2.24) is 4.98 Å². The van der Waals surface area contributed by atoms with Gasteiger partial charge in [-0.1, -0.05) is 48.3 Å². The summed E-state index contributed by atoms with van der Waals surface area (Å²) < 4.78 is 0. The molecule has 0 unspecified atom stereocenters. The van der Waals surface area contributed by atoms with Crippen LogP contribution in [-0.4, -0.2) is 4.98 Å². The molecule has 0 N–H and O–H groups in total. The van der Waals surface area contributed by atoms with E-state index in [4.69, 9.17) is 0 Å². The van der Waals surface area contributed by atoms with Crippen molar-refractivity contribution in [3.63, 3.8) is 0 Å². The van der Waals surface area contributed by atoms with E-state index in [1.807, 2.05) is 30.3 Å². The van der Waals surface area contributed by atoms with E-state index in [0.29, 0.717) is 0 Å². The van der Waals surface area contributed by atoms with Gasteiger partial charge in [0.25, 0.3) is 0 Å². The van der Waals surface area contributed by atoms with Gasteiger partial charge in [-0.3, -0.25) is 0 Å². The molecule has 0 spiro atoms. The number of hydrogen-bond donors (Lipinski definition) is 0. The standard InChI is InChI=1S/C11H8N.BrH.Zn/c1-2-4-10(5-3-1)11-6-8-12-9-7-11;;/h1-8H;1H;/q-1;;+2/p-1. The predicted octanol–water partition coefficient (Wildman–Crippen LogP) is -0.450. The zero-order valence-corrected chi connectivity index (χ0v) is 12.2. The average Bonchev–Trinajstić information content (AvgIpc) is 2.21. The summed E-state index contributed by atoms with van der Waals surface area (Å²) in [5.74, 6) is 0. The third-order valence-electron chi connectivity index (χ3n) is 1.73. The molecule has 2 rings (SSSR count). The fourth-order valence-corrected chi connectivity index (χ4v) is 1.13. The van der Waals surface area contributed by atoms with Crippen LogP contribution in [0.1, 0.15) is 0 Å². The van der Waals surface area contributed by atoms with E-state index in [2.05, 4.69) is 23.3 Å². The van der Waals surface area contributed by atoms with Crippen LogP contribution in [0, 0.1) is 6.20 Å². The van der Waals surface area contributed by atoms with Gasteiger partial charge in [0.05, 0.1) is 0 Å². The number of halogens is 1. The van der Waals surface area contributed by atoms with E-state index in [0.717, 1.165) is 5.56 Å². The van der Waals surface area contributed by atoms with E-state index in [1.165, 1.54) is 5.56 Å². The van der Waals surface area contributed by atoms with Crippen molar-refractivity contribution in [1.29, 1.82) is 0 Å². The molecule has 0 aliphatic rings. The molecule has 1 aromatic carbocycles. The van der Waals surface area contributed by atoms with Gasteiger partial charge in [-0.2, -0.15) is 6.07 Å². The topological polar surface area (TPSA) is 12.9 Å². The largest absolute Gasteiger partial charge is 2.00 e. The summed E-state index contributed by atoms with van der Waals surface area (Å²) in [6.07, 6.45) is 4.56. The molecule has 0 radical (unpaired) electrons. The zero-order chi connectivity index (χ0) is 8.23. The minimum absolute atomic E-state index is 0. The van der Waals surface area contributed by atoms with Crippen LogP contribution in [0.25, 0.3) is 11.1 Å². The van der Waals surface area contributed by atoms with Gasteiger partial charge in [0.15, 0.2) is 0 Å². The molecule has 14 heavy (non-hydrogen) atoms. The van der Waals surface area contributed by atoms with E-state index < -0.39 is 0 Å². The maximum atomic E-state index is 3.85. The maximum absolute atomic E-state index is 3.85. The number of benzene rings is 1. The molecule has 3 heteroatoms. The minimum Gasteiger partial charge on any atom is -1.00 e. The van der Waals surface area contributed by atoms with Crippen molar-refractivity contribution < 1.29 is 36.5 Å². The molecule has 66 valence electrons. The zero-order valence-electron chi connectivity index (χ0n) is 7.65. The molecule has 1 aromatic heterocycles. The second kappa shape index (κ2) is 6.86. The Morgan fingerprint density at radius 1 is 0.929 bits per heavy atom. The van der Waals surface area contributed by atoms with Crippen LogP contribution in [0.4, 0.5) is 0 Å². The van der Waals surface area contributed by atoms with E-state index in [1.54, 1.807) is 6.20 Å². The monoisotopic (exact) mass is 297 g/mol. The molecular formula is C11H8BrNZn. The SMILES string of the molecule is [Br-].[Zn+2].[c-]1cc(-c2ccccc2)ccn1. The van der Waals surface area contributed by atoms with Crippen molar-refractivity contribution in [3.05, 3.63) is 54.9 Å². The van der Waals surface area contributed by atoms with Crippen LogP contribution in [0.3, 0.4) is 0 Å². The summed E-state index contributed by atoms with van der Waals surface area (Å²) >= 11 is 0. The first-order valence-corrected chi connectivity index (χ1v) is 3.84. The minimum atomic E-state index is 0. The molecule has 0 saturated heterocycles. The number of pyridine rings is 1. The Morgan fingerprint density at radius 2 is 1.64 bits per heavy atom. The third-order valence-corrected chi connectivity index (χ3v) is 1.73. The Hall–Kier alpha value is -0.527. The smallest absolute Gasteiger partial charge is 1.00 e. The van der Waals surface area contributed by atoms with E-state index in [9.17, 15) is 0 Å². The van der Waals surface area contributed by atoms with Gasteiger partial charge in [-0.25, -0.2) is 0 Å². The second-order valence-corrected chi connectivity index (χ2v) is 2.54. The van der Waals surface area contributed by atoms with Gasteiger partial charge < -0.3 is 22.0 Å². The Labute approximate surface area is 107 Å². The Kier molecular flexibility index (Phi) is 6.60. The fourth-order valence-electron chi connectivity index (χ4n) is 1.13. The molecule has 0 saturated carbocycles. The van der Waals surface area contributed by atoms with Crippen LogP contribution < -0.4 is 17.0 Å². The summed E-state index contributed by atoms with van der Waals surface area (Å²) in [6, 6.07) is 14.1. The predicted molar refractivity (Wildman–Crippen MR) is 48.5 cm³/mol. The number of nitrogens with zero attached hydrogens (tertiary/aromatic N) is 1. The van der Waals surface area contributed by atoms with E-state index >= 15 is 0 Å². The van der Waals surface area contributed by atoms with Crippen molar-refractivity contribution >= 4 is 0 Å². The van der Waals surface area contributed by atoms with Crippen molar-refractivity contribution in [2.45, 2.75) is 0 Å². The van der Waals surface area contributed by atoms with E-state index in [-0.39, 0.29) is 36.5 Å². The maximum Gasteiger partial charge on any atom is 2.00 e. The number of hydrogen-bond acceptors (Lipinski definition) is 1. The molecule has 1 heterocycles. The molecule has 0 atom stereocenters. The molecule has 1 nitrogen and oxygen atoms in total. The Balaban J connectivity index is 0.000000845. The molecule has 0 aliphatic carbocycles. The molecule has 0 aliphatic heterocycles. The molecule has 0 amide bonds. The van der Waals surface area contributed by atoms with Crippen molar-refractivity contribution in [3.8, 4) is 11.1 Å². The van der Waals surface area contributed by atoms with Crippen LogP contribution in [0.15, 0.2) is 48.7 Å². The quantitative estimate of drug-likeness (QED) is 0.513. The normalized spacial score (nSPS) is 8.29. The van der Waals surface area contributed by atoms with Gasteiger partial charge in [0.2, 0.25) is 0 Å². The van der Waals surface area contributed by atoms with Crippen molar-refractivity contribution in [2.75, 3.05) is 0 Å². The van der Waals surface area contributed by atoms with Crippen LogP contribution in [-0.2, 0) is 19.5 Å². The molecule has 0 fully saturated rings. The van der Waals surface area contributed by atoms with Crippen LogP contribution in [0.2, 0.25) is 0 Å². The van der Waals surface area contributed by atoms with Crippen molar-refractivity contribution in [2.24, 2.45) is 0 Å². The van der Waals surface area contributed by atoms with Gasteiger partial charge in [0.1, 0.15) is 0 Å². The summed E-state index contributed by atoms with van der Waals surface area (Å²) in [5.41, 5.74) is 2.36. The van der Waals surface area contributed by atoms with Crippen LogP contribution >= 0.6 is 0 Å². The summed E-state index contributed by atoms with van der Waals surface area (Å²) in [4.78, 5) is 3.85. The van der Waals surface area contributed by atoms with Gasteiger partial charge in [-0.15, -0.1) is 11.6 Å². The summed E-state index contributed by atoms with van der Waals surface area (Å²) in [7, 11) is 0. The fraction of sp³-hybridized carbons (Fsp3) is 0. The van der Waals surface area contributed by atoms with Gasteiger partial charge in [-0.05, 0) is 0 Å². The number of aromatic nitrogens is 1. The first-order chi connectivity index (χ1) is 5.97. The van der Waals surface area contributed by atoms with Gasteiger partial charge >= 0.3 is 19.5 Å². The molecule has 0 bridgehead atoms. The first-order valence-electron chi connectivity index (χ1n) is 3.84. The summed E-state index contributed by atoms with van der Waals surface area (Å²) in [6.45, 7) is 0. The third kappa shape index (κ3) is 3.32. The second-order valence-electron chi connectivity index (χ2n) is 2.54.